The molecule has 1 unspecified atom stereocenters. The van der Waals surface area contributed by atoms with Crippen molar-refractivity contribution in [1.82, 2.24) is 4.90 Å². The van der Waals surface area contributed by atoms with Crippen molar-refractivity contribution in [1.29, 1.82) is 0 Å². The second-order valence-corrected chi connectivity index (χ2v) is 8.75. The summed E-state index contributed by atoms with van der Waals surface area (Å²) in [4.78, 5) is 27.2. The molecule has 1 amide bonds. The van der Waals surface area contributed by atoms with Crippen molar-refractivity contribution in [2.24, 2.45) is 0 Å². The molecular weight excluding hydrogens is 394 g/mol. The van der Waals surface area contributed by atoms with Crippen LogP contribution >= 0.6 is 0 Å². The largest absolute Gasteiger partial charge is 0.508 e. The molecule has 0 aromatic heterocycles. The van der Waals surface area contributed by atoms with Crippen LogP contribution < -0.4 is 4.74 Å². The lowest BCUT2D eigenvalue weighted by Crippen LogP contribution is -2.30. The van der Waals surface area contributed by atoms with Gasteiger partial charge in [0.25, 0.3) is 11.7 Å². The monoisotopic (exact) mass is 423 g/mol. The third kappa shape index (κ3) is 4.15. The predicted molar refractivity (Wildman–Crippen MR) is 119 cm³/mol. The molecule has 3 rings (SSSR count). The van der Waals surface area contributed by atoms with Crippen LogP contribution in [0.1, 0.15) is 56.8 Å². The minimum absolute atomic E-state index is 0.0502. The normalized spacial score (nSPS) is 18.5. The number of rotatable bonds is 5. The van der Waals surface area contributed by atoms with Crippen LogP contribution in [0.5, 0.6) is 11.5 Å². The molecule has 6 nitrogen and oxygen atoms in total. The maximum absolute atomic E-state index is 13.0. The summed E-state index contributed by atoms with van der Waals surface area (Å²) in [6, 6.07) is 10.9. The van der Waals surface area contributed by atoms with Crippen LogP contribution in [0.2, 0.25) is 0 Å². The summed E-state index contributed by atoms with van der Waals surface area (Å²) in [6.07, 6.45) is 0.665. The fourth-order valence-electron chi connectivity index (χ4n) is 3.95. The van der Waals surface area contributed by atoms with E-state index < -0.39 is 17.7 Å². The number of aliphatic hydroxyl groups excluding tert-OH is 1. The van der Waals surface area contributed by atoms with E-state index in [0.29, 0.717) is 29.8 Å². The molecule has 0 bridgehead atoms. The zero-order chi connectivity index (χ0) is 22.9. The van der Waals surface area contributed by atoms with Gasteiger partial charge in [-0.1, -0.05) is 39.8 Å². The highest BCUT2D eigenvalue weighted by molar-refractivity contribution is 6.46. The molecule has 1 aliphatic rings. The number of phenols is 1. The molecule has 2 aromatic carbocycles. The first-order chi connectivity index (χ1) is 14.6. The number of aliphatic hydroxyl groups is 1. The van der Waals surface area contributed by atoms with Gasteiger partial charge in [-0.25, -0.2) is 0 Å². The Morgan fingerprint density at radius 3 is 2.29 bits per heavy atom. The molecule has 0 aliphatic carbocycles. The van der Waals surface area contributed by atoms with Crippen molar-refractivity contribution in [3.8, 4) is 11.5 Å². The number of amides is 1. The average molecular weight is 424 g/mol. The van der Waals surface area contributed by atoms with E-state index >= 15 is 0 Å². The Morgan fingerprint density at radius 2 is 1.74 bits per heavy atom. The van der Waals surface area contributed by atoms with E-state index in [2.05, 4.69) is 0 Å². The maximum atomic E-state index is 13.0. The van der Waals surface area contributed by atoms with E-state index in [-0.39, 0.29) is 22.5 Å². The summed E-state index contributed by atoms with van der Waals surface area (Å²) in [7, 11) is 1.59. The van der Waals surface area contributed by atoms with Crippen LogP contribution in [-0.4, -0.2) is 40.5 Å². The Morgan fingerprint density at radius 1 is 1.10 bits per heavy atom. The predicted octanol–water partition coefficient (Wildman–Crippen LogP) is 4.53. The number of ether oxygens (including phenoxy) is 1. The van der Waals surface area contributed by atoms with E-state index in [1.807, 2.05) is 27.7 Å². The van der Waals surface area contributed by atoms with Crippen LogP contribution in [-0.2, 0) is 15.0 Å². The number of likely N-dealkylation sites (tertiary alicyclic amines) is 1. The van der Waals surface area contributed by atoms with E-state index in [4.69, 9.17) is 4.74 Å². The summed E-state index contributed by atoms with van der Waals surface area (Å²) in [5, 5.41) is 20.9. The van der Waals surface area contributed by atoms with Crippen molar-refractivity contribution in [3.05, 3.63) is 64.7 Å². The van der Waals surface area contributed by atoms with Gasteiger partial charge in [0, 0.05) is 17.7 Å². The minimum Gasteiger partial charge on any atom is -0.508 e. The lowest BCUT2D eigenvalue weighted by atomic mass is 9.84. The highest BCUT2D eigenvalue weighted by atomic mass is 16.5. The summed E-state index contributed by atoms with van der Waals surface area (Å²) >= 11 is 0. The number of nitrogens with zero attached hydrogens (tertiary/aromatic N) is 1. The van der Waals surface area contributed by atoms with E-state index in [0.717, 1.165) is 5.56 Å². The Hall–Kier alpha value is -3.28. The molecule has 1 heterocycles. The van der Waals surface area contributed by atoms with Gasteiger partial charge in [0.05, 0.1) is 18.7 Å². The highest BCUT2D eigenvalue weighted by Crippen LogP contribution is 2.41. The third-order valence-electron chi connectivity index (χ3n) is 5.49. The summed E-state index contributed by atoms with van der Waals surface area (Å²) in [5.74, 6) is -0.793. The number of Topliss-reactive ketones (excluding diaryl/α,β-unsaturated/α-hetero) is 1. The lowest BCUT2D eigenvalue weighted by molar-refractivity contribution is -0.139. The van der Waals surface area contributed by atoms with Gasteiger partial charge in [-0.15, -0.1) is 0 Å². The zero-order valence-electron chi connectivity index (χ0n) is 18.6. The molecule has 0 saturated carbocycles. The van der Waals surface area contributed by atoms with Gasteiger partial charge >= 0.3 is 0 Å². The molecular formula is C25H29NO5. The zero-order valence-corrected chi connectivity index (χ0v) is 18.6. The second-order valence-electron chi connectivity index (χ2n) is 8.75. The number of ketones is 1. The standard InChI is InChI=1S/C25H29NO5/c1-6-13-26-21(15-7-10-17(27)11-8-15)20(23(29)24(26)30)22(28)16-9-12-19(31-5)18(14-16)25(2,3)4/h7-12,14,21,27-28H,6,13H2,1-5H3/b22-20-. The Balaban J connectivity index is 2.22. The fourth-order valence-corrected chi connectivity index (χ4v) is 3.95. The maximum Gasteiger partial charge on any atom is 0.295 e. The molecule has 2 N–H and O–H groups in total. The van der Waals surface area contributed by atoms with E-state index in [9.17, 15) is 19.8 Å². The Labute approximate surface area is 182 Å². The van der Waals surface area contributed by atoms with Gasteiger partial charge in [0.1, 0.15) is 17.3 Å². The molecule has 1 atom stereocenters. The van der Waals surface area contributed by atoms with Crippen LogP contribution in [0.15, 0.2) is 48.0 Å². The molecule has 6 heteroatoms. The van der Waals surface area contributed by atoms with Crippen LogP contribution in [0.3, 0.4) is 0 Å². The molecule has 31 heavy (non-hydrogen) atoms. The van der Waals surface area contributed by atoms with Gasteiger partial charge in [-0.3, -0.25) is 9.59 Å². The van der Waals surface area contributed by atoms with E-state index in [1.165, 1.54) is 17.0 Å². The number of methoxy groups -OCH3 is 1. The Kier molecular flexibility index (Phi) is 6.11. The smallest absolute Gasteiger partial charge is 0.295 e. The van der Waals surface area contributed by atoms with Gasteiger partial charge in [0.2, 0.25) is 0 Å². The number of hydrogen-bond donors (Lipinski definition) is 2. The van der Waals surface area contributed by atoms with Crippen LogP contribution in [0, 0.1) is 0 Å². The number of phenolic OH excluding ortho intramolecular Hbond substituents is 1. The van der Waals surface area contributed by atoms with Gasteiger partial charge in [0.15, 0.2) is 0 Å². The lowest BCUT2D eigenvalue weighted by Gasteiger charge is -2.25. The van der Waals surface area contributed by atoms with Gasteiger partial charge < -0.3 is 19.8 Å². The summed E-state index contributed by atoms with van der Waals surface area (Å²) in [5.41, 5.74) is 1.77. The van der Waals surface area contributed by atoms with Crippen molar-refractivity contribution in [2.45, 2.75) is 45.6 Å². The minimum atomic E-state index is -0.722. The SMILES string of the molecule is CCCN1C(=O)C(=O)/C(=C(\O)c2ccc(OC)c(C(C)(C)C)c2)C1c1ccc(O)cc1. The molecule has 164 valence electrons. The molecule has 2 aromatic rings. The number of benzene rings is 2. The van der Waals surface area contributed by atoms with E-state index in [1.54, 1.807) is 37.4 Å². The molecule has 0 radical (unpaired) electrons. The summed E-state index contributed by atoms with van der Waals surface area (Å²) in [6.45, 7) is 8.40. The molecule has 1 fully saturated rings. The fraction of sp³-hybridized carbons (Fsp3) is 0.360. The van der Waals surface area contributed by atoms with Gasteiger partial charge in [-0.2, -0.15) is 0 Å². The second kappa shape index (κ2) is 8.46. The number of carbonyl (C=O) groups is 2. The first kappa shape index (κ1) is 22.4. The summed E-state index contributed by atoms with van der Waals surface area (Å²) < 4.78 is 5.47. The Bertz CT molecular complexity index is 1030. The number of hydrogen-bond acceptors (Lipinski definition) is 5. The highest BCUT2D eigenvalue weighted by Gasteiger charge is 2.45. The van der Waals surface area contributed by atoms with Crippen molar-refractivity contribution < 1.29 is 24.5 Å². The van der Waals surface area contributed by atoms with Gasteiger partial charge in [-0.05, 0) is 47.7 Å². The quantitative estimate of drug-likeness (QED) is 0.419. The van der Waals surface area contributed by atoms with Crippen LogP contribution in [0.25, 0.3) is 5.76 Å². The van der Waals surface area contributed by atoms with Crippen molar-refractivity contribution >= 4 is 17.4 Å². The average Bonchev–Trinajstić information content (AvgIpc) is 2.98. The first-order valence-electron chi connectivity index (χ1n) is 10.4. The molecule has 0 spiro atoms. The number of aromatic hydroxyl groups is 1. The van der Waals surface area contributed by atoms with Crippen molar-refractivity contribution in [2.75, 3.05) is 13.7 Å². The molecule has 1 saturated heterocycles. The van der Waals surface area contributed by atoms with Crippen LogP contribution in [0.4, 0.5) is 0 Å². The topological polar surface area (TPSA) is 87.1 Å². The van der Waals surface area contributed by atoms with Crippen molar-refractivity contribution in [3.63, 3.8) is 0 Å². The third-order valence-corrected chi connectivity index (χ3v) is 5.49. The first-order valence-corrected chi connectivity index (χ1v) is 10.4. The number of carbonyl (C=O) groups excluding carboxylic acids is 2. The molecule has 1 aliphatic heterocycles.